The van der Waals surface area contributed by atoms with E-state index in [2.05, 4.69) is 17.1 Å². The van der Waals surface area contributed by atoms with E-state index in [4.69, 9.17) is 37.4 Å². The lowest BCUT2D eigenvalue weighted by Gasteiger charge is -2.12. The summed E-state index contributed by atoms with van der Waals surface area (Å²) in [5, 5.41) is 15.0. The van der Waals surface area contributed by atoms with Crippen LogP contribution in [0.25, 0.3) is 0 Å². The Hall–Kier alpha value is -4.29. The predicted molar refractivity (Wildman–Crippen MR) is 143 cm³/mol. The first-order valence-corrected chi connectivity index (χ1v) is 12.1. The number of rotatable bonds is 11. The van der Waals surface area contributed by atoms with Gasteiger partial charge in [0.25, 0.3) is 5.91 Å². The van der Waals surface area contributed by atoms with Crippen LogP contribution >= 0.6 is 23.2 Å². The number of nitro benzene ring substituents is 1. The van der Waals surface area contributed by atoms with Crippen LogP contribution in [0, 0.1) is 10.1 Å². The number of halogens is 5. The average molecular weight is 598 g/mol. The second-order valence-electron chi connectivity index (χ2n) is 7.75. The molecule has 0 aliphatic carbocycles. The Morgan fingerprint density at radius 3 is 2.35 bits per heavy atom. The molecule has 3 aromatic rings. The van der Waals surface area contributed by atoms with E-state index < -0.39 is 34.0 Å². The van der Waals surface area contributed by atoms with E-state index >= 15 is 0 Å². The van der Waals surface area contributed by atoms with Gasteiger partial charge in [0.2, 0.25) is 5.75 Å². The number of nitro groups is 1. The van der Waals surface area contributed by atoms with Crippen LogP contribution in [0.15, 0.2) is 66.3 Å². The van der Waals surface area contributed by atoms with Crippen LogP contribution in [0.5, 0.6) is 23.0 Å². The highest BCUT2D eigenvalue weighted by Gasteiger charge is 2.33. The van der Waals surface area contributed by atoms with E-state index in [9.17, 15) is 28.1 Å². The molecule has 0 bridgehead atoms. The van der Waals surface area contributed by atoms with Crippen LogP contribution in [-0.2, 0) is 6.18 Å². The lowest BCUT2D eigenvalue weighted by atomic mass is 10.2. The maximum Gasteiger partial charge on any atom is 0.416 e. The van der Waals surface area contributed by atoms with Crippen molar-refractivity contribution in [2.75, 3.05) is 13.2 Å². The van der Waals surface area contributed by atoms with Crippen molar-refractivity contribution in [1.82, 2.24) is 5.43 Å². The number of amides is 1. The van der Waals surface area contributed by atoms with Crippen molar-refractivity contribution in [3.8, 4) is 23.0 Å². The third-order valence-electron chi connectivity index (χ3n) is 4.96. The van der Waals surface area contributed by atoms with Gasteiger partial charge in [0, 0.05) is 11.6 Å². The number of carbonyl (C=O) groups excluding carboxylic acids is 1. The van der Waals surface area contributed by atoms with Crippen molar-refractivity contribution in [2.45, 2.75) is 13.1 Å². The van der Waals surface area contributed by atoms with Crippen molar-refractivity contribution in [2.24, 2.45) is 5.10 Å². The maximum absolute atomic E-state index is 13.0. The van der Waals surface area contributed by atoms with Crippen LogP contribution < -0.4 is 19.6 Å². The highest BCUT2D eigenvalue weighted by Crippen LogP contribution is 2.42. The highest BCUT2D eigenvalue weighted by atomic mass is 35.5. The average Bonchev–Trinajstić information content (AvgIpc) is 2.89. The zero-order valence-electron chi connectivity index (χ0n) is 20.6. The lowest BCUT2D eigenvalue weighted by Crippen LogP contribution is -2.17. The van der Waals surface area contributed by atoms with Gasteiger partial charge in [-0.3, -0.25) is 14.9 Å². The van der Waals surface area contributed by atoms with E-state index in [1.54, 1.807) is 19.1 Å². The first-order valence-electron chi connectivity index (χ1n) is 11.3. The Morgan fingerprint density at radius 2 is 1.75 bits per heavy atom. The Labute approximate surface area is 235 Å². The monoisotopic (exact) mass is 597 g/mol. The van der Waals surface area contributed by atoms with Gasteiger partial charge in [-0.2, -0.15) is 18.3 Å². The van der Waals surface area contributed by atoms with Gasteiger partial charge in [0.05, 0.1) is 33.4 Å². The van der Waals surface area contributed by atoms with Gasteiger partial charge in [-0.05, 0) is 55.0 Å². The number of nitrogens with one attached hydrogen (secondary N) is 1. The molecule has 0 spiro atoms. The highest BCUT2D eigenvalue weighted by molar-refractivity contribution is 6.37. The fourth-order valence-corrected chi connectivity index (χ4v) is 3.78. The van der Waals surface area contributed by atoms with Gasteiger partial charge in [-0.15, -0.1) is 0 Å². The molecule has 0 saturated heterocycles. The number of hydrogen-bond acceptors (Lipinski definition) is 7. The molecule has 3 rings (SSSR count). The molecule has 1 amide bonds. The largest absolute Gasteiger partial charge is 0.490 e. The summed E-state index contributed by atoms with van der Waals surface area (Å²) in [5.41, 5.74) is 0.750. The Morgan fingerprint density at radius 1 is 1.07 bits per heavy atom. The fourth-order valence-electron chi connectivity index (χ4n) is 3.20. The molecule has 0 radical (unpaired) electrons. The van der Waals surface area contributed by atoms with Gasteiger partial charge in [-0.25, -0.2) is 5.43 Å². The molecule has 40 heavy (non-hydrogen) atoms. The first kappa shape index (κ1) is 30.3. The molecule has 3 aromatic carbocycles. The molecular weight excluding hydrogens is 578 g/mol. The summed E-state index contributed by atoms with van der Waals surface area (Å²) < 4.78 is 55.3. The summed E-state index contributed by atoms with van der Waals surface area (Å²) in [6.45, 7) is 5.97. The molecule has 0 heterocycles. The molecule has 14 heteroatoms. The van der Waals surface area contributed by atoms with Crippen molar-refractivity contribution in [1.29, 1.82) is 0 Å². The van der Waals surface area contributed by atoms with Crippen LogP contribution in [0.1, 0.15) is 28.4 Å². The van der Waals surface area contributed by atoms with Crippen LogP contribution in [0.4, 0.5) is 18.9 Å². The quantitative estimate of drug-likeness (QED) is 0.106. The second-order valence-corrected chi connectivity index (χ2v) is 8.56. The Balaban J connectivity index is 1.76. The van der Waals surface area contributed by atoms with Crippen LogP contribution in [0.3, 0.4) is 0 Å². The maximum atomic E-state index is 13.0. The summed E-state index contributed by atoms with van der Waals surface area (Å²) in [4.78, 5) is 22.9. The van der Waals surface area contributed by atoms with E-state index in [1.165, 1.54) is 30.5 Å². The first-order chi connectivity index (χ1) is 18.9. The summed E-state index contributed by atoms with van der Waals surface area (Å²) in [7, 11) is 0. The van der Waals surface area contributed by atoms with Gasteiger partial charge >= 0.3 is 11.9 Å². The molecule has 0 aromatic heterocycles. The van der Waals surface area contributed by atoms with Gasteiger partial charge in [0.1, 0.15) is 6.61 Å². The van der Waals surface area contributed by atoms with Crippen molar-refractivity contribution in [3.63, 3.8) is 0 Å². The molecule has 0 unspecified atom stereocenters. The normalized spacial score (nSPS) is 11.2. The molecule has 0 aliphatic rings. The number of carbonyl (C=O) groups is 1. The SMILES string of the molecule is C=CCOc1ccc(C(=O)N/N=C/c2cc(Cl)c(Oc3ccc(C(F)(F)F)cc3[N+](=O)[O-])c(Cl)c2)cc1OCC. The number of ether oxygens (including phenoxy) is 3. The standard InChI is InChI=1S/C26H20Cl2F3N3O6/c1-3-9-39-22-7-5-16(12-23(22)38-4-2)25(35)33-32-14-15-10-18(27)24(19(28)11-15)40-21-8-6-17(26(29,30)31)13-20(21)34(36)37/h3,5-8,10-14H,1,4,9H2,2H3,(H,33,35)/b32-14+. The third-order valence-corrected chi connectivity index (χ3v) is 5.52. The van der Waals surface area contributed by atoms with Gasteiger partial charge < -0.3 is 14.2 Å². The summed E-state index contributed by atoms with van der Waals surface area (Å²) in [6, 6.07) is 9.02. The number of hydrazone groups is 1. The number of alkyl halides is 3. The molecule has 0 aliphatic heterocycles. The summed E-state index contributed by atoms with van der Waals surface area (Å²) in [6.07, 6.45) is -1.99. The van der Waals surface area contributed by atoms with Crippen LogP contribution in [0.2, 0.25) is 10.0 Å². The fraction of sp³-hybridized carbons (Fsp3) is 0.154. The van der Waals surface area contributed by atoms with E-state index in [0.29, 0.717) is 35.8 Å². The number of hydrogen-bond donors (Lipinski definition) is 1. The molecular formula is C26H20Cl2F3N3O6. The third kappa shape index (κ3) is 7.64. The van der Waals surface area contributed by atoms with Crippen molar-refractivity contribution < 1.29 is 37.1 Å². The minimum Gasteiger partial charge on any atom is -0.490 e. The summed E-state index contributed by atoms with van der Waals surface area (Å²) >= 11 is 12.4. The van der Waals surface area contributed by atoms with Crippen molar-refractivity contribution >= 4 is 41.0 Å². The minimum absolute atomic E-state index is 0.119. The summed E-state index contributed by atoms with van der Waals surface area (Å²) in [5.74, 6) is -0.477. The molecule has 9 nitrogen and oxygen atoms in total. The molecule has 0 atom stereocenters. The minimum atomic E-state index is -4.79. The molecule has 210 valence electrons. The molecule has 1 N–H and O–H groups in total. The lowest BCUT2D eigenvalue weighted by molar-refractivity contribution is -0.385. The molecule has 0 fully saturated rings. The zero-order chi connectivity index (χ0) is 29.4. The molecule has 0 saturated carbocycles. The number of nitrogens with zero attached hydrogens (tertiary/aromatic N) is 2. The van der Waals surface area contributed by atoms with E-state index in [1.807, 2.05) is 0 Å². The van der Waals surface area contributed by atoms with Gasteiger partial charge in [-0.1, -0.05) is 35.9 Å². The van der Waals surface area contributed by atoms with Crippen molar-refractivity contribution in [3.05, 3.63) is 98.0 Å². The topological polar surface area (TPSA) is 112 Å². The Bertz CT molecular complexity index is 1440. The second kappa shape index (κ2) is 13.2. The van der Waals surface area contributed by atoms with E-state index in [0.717, 1.165) is 6.07 Å². The predicted octanol–water partition coefficient (Wildman–Crippen LogP) is 7.44. The van der Waals surface area contributed by atoms with Gasteiger partial charge in [0.15, 0.2) is 17.2 Å². The number of benzene rings is 3. The van der Waals surface area contributed by atoms with E-state index in [-0.39, 0.29) is 28.0 Å². The zero-order valence-corrected chi connectivity index (χ0v) is 22.1. The smallest absolute Gasteiger partial charge is 0.416 e. The Kier molecular flexibility index (Phi) is 9.97. The van der Waals surface area contributed by atoms with Crippen LogP contribution in [-0.4, -0.2) is 30.3 Å².